The number of rotatable bonds is 4. The van der Waals surface area contributed by atoms with E-state index in [1.807, 2.05) is 16.8 Å². The molecular weight excluding hydrogens is 228 g/mol. The van der Waals surface area contributed by atoms with E-state index in [2.05, 4.69) is 4.98 Å². The molecule has 0 saturated carbocycles. The van der Waals surface area contributed by atoms with Crippen LogP contribution in [0.3, 0.4) is 0 Å². The second-order valence-electron chi connectivity index (χ2n) is 3.39. The standard InChI is InChI=1S/C11H11ClN2O2/c1-16-5-4-14-3-2-9-8(7-15)6-10(12)13-11(9)14/h2-3,6-7H,4-5H2,1H3. The van der Waals surface area contributed by atoms with Gasteiger partial charge in [-0.3, -0.25) is 4.79 Å². The topological polar surface area (TPSA) is 44.1 Å². The molecule has 0 spiro atoms. The van der Waals surface area contributed by atoms with Gasteiger partial charge in [0.2, 0.25) is 0 Å². The normalized spacial score (nSPS) is 10.9. The zero-order chi connectivity index (χ0) is 11.5. The number of fused-ring (bicyclic) bond motifs is 1. The highest BCUT2D eigenvalue weighted by Crippen LogP contribution is 2.20. The van der Waals surface area contributed by atoms with Crippen molar-refractivity contribution in [1.82, 2.24) is 9.55 Å². The quantitative estimate of drug-likeness (QED) is 0.606. The predicted molar refractivity (Wildman–Crippen MR) is 62.0 cm³/mol. The first-order chi connectivity index (χ1) is 7.76. The Hall–Kier alpha value is -1.39. The van der Waals surface area contributed by atoms with Crippen molar-refractivity contribution >= 4 is 28.9 Å². The second kappa shape index (κ2) is 4.63. The SMILES string of the molecule is COCCn1ccc2c(C=O)cc(Cl)nc21. The maximum Gasteiger partial charge on any atom is 0.150 e. The van der Waals surface area contributed by atoms with Gasteiger partial charge in [0.25, 0.3) is 0 Å². The van der Waals surface area contributed by atoms with Gasteiger partial charge >= 0.3 is 0 Å². The van der Waals surface area contributed by atoms with E-state index in [1.54, 1.807) is 13.2 Å². The van der Waals surface area contributed by atoms with Crippen LogP contribution in [-0.2, 0) is 11.3 Å². The number of pyridine rings is 1. The van der Waals surface area contributed by atoms with Gasteiger partial charge in [0.1, 0.15) is 10.8 Å². The van der Waals surface area contributed by atoms with Crippen LogP contribution in [0.5, 0.6) is 0 Å². The zero-order valence-corrected chi connectivity index (χ0v) is 9.57. The van der Waals surface area contributed by atoms with Gasteiger partial charge in [0, 0.05) is 30.8 Å². The lowest BCUT2D eigenvalue weighted by molar-refractivity contribution is 0.112. The number of carbonyl (C=O) groups is 1. The Kier molecular flexibility index (Phi) is 3.22. The van der Waals surface area contributed by atoms with Gasteiger partial charge in [-0.15, -0.1) is 0 Å². The minimum absolute atomic E-state index is 0.326. The summed E-state index contributed by atoms with van der Waals surface area (Å²) in [6.07, 6.45) is 2.66. The molecular formula is C11H11ClN2O2. The molecule has 0 atom stereocenters. The smallest absolute Gasteiger partial charge is 0.150 e. The molecule has 0 fully saturated rings. The number of ether oxygens (including phenoxy) is 1. The van der Waals surface area contributed by atoms with Crippen molar-refractivity contribution in [3.63, 3.8) is 0 Å². The van der Waals surface area contributed by atoms with Gasteiger partial charge in [-0.05, 0) is 12.1 Å². The Morgan fingerprint density at radius 2 is 2.44 bits per heavy atom. The number of hydrogen-bond acceptors (Lipinski definition) is 3. The molecule has 0 amide bonds. The first-order valence-corrected chi connectivity index (χ1v) is 5.23. The number of methoxy groups -OCH3 is 1. The van der Waals surface area contributed by atoms with E-state index in [1.165, 1.54) is 0 Å². The summed E-state index contributed by atoms with van der Waals surface area (Å²) in [6.45, 7) is 1.28. The molecule has 84 valence electrons. The molecule has 0 unspecified atom stereocenters. The molecule has 2 heterocycles. The van der Waals surface area contributed by atoms with Crippen molar-refractivity contribution in [3.8, 4) is 0 Å². The van der Waals surface area contributed by atoms with Gasteiger partial charge in [0.15, 0.2) is 6.29 Å². The molecule has 2 aromatic rings. The fraction of sp³-hybridized carbons (Fsp3) is 0.273. The number of nitrogens with zero attached hydrogens (tertiary/aromatic N) is 2. The fourth-order valence-electron chi connectivity index (χ4n) is 1.62. The van der Waals surface area contributed by atoms with E-state index in [0.717, 1.165) is 11.7 Å². The van der Waals surface area contributed by atoms with Crippen LogP contribution in [0.4, 0.5) is 0 Å². The van der Waals surface area contributed by atoms with E-state index < -0.39 is 0 Å². The maximum atomic E-state index is 10.9. The van der Waals surface area contributed by atoms with Gasteiger partial charge in [0.05, 0.1) is 6.61 Å². The number of hydrogen-bond donors (Lipinski definition) is 0. The monoisotopic (exact) mass is 238 g/mol. The van der Waals surface area contributed by atoms with Crippen LogP contribution in [0.15, 0.2) is 18.3 Å². The van der Waals surface area contributed by atoms with Crippen molar-refractivity contribution in [3.05, 3.63) is 29.0 Å². The van der Waals surface area contributed by atoms with Crippen molar-refractivity contribution < 1.29 is 9.53 Å². The molecule has 16 heavy (non-hydrogen) atoms. The highest BCUT2D eigenvalue weighted by atomic mass is 35.5. The van der Waals surface area contributed by atoms with E-state index in [0.29, 0.717) is 29.5 Å². The van der Waals surface area contributed by atoms with E-state index in [4.69, 9.17) is 16.3 Å². The molecule has 0 aliphatic carbocycles. The zero-order valence-electron chi connectivity index (χ0n) is 8.81. The third-order valence-corrected chi connectivity index (χ3v) is 2.59. The summed E-state index contributed by atoms with van der Waals surface area (Å²) in [7, 11) is 1.64. The van der Waals surface area contributed by atoms with Crippen molar-refractivity contribution in [2.45, 2.75) is 6.54 Å². The van der Waals surface area contributed by atoms with Gasteiger partial charge in [-0.1, -0.05) is 11.6 Å². The number of carbonyl (C=O) groups excluding carboxylic acids is 1. The second-order valence-corrected chi connectivity index (χ2v) is 3.78. The van der Waals surface area contributed by atoms with Crippen LogP contribution >= 0.6 is 11.6 Å². The van der Waals surface area contributed by atoms with E-state index >= 15 is 0 Å². The first-order valence-electron chi connectivity index (χ1n) is 4.85. The highest BCUT2D eigenvalue weighted by molar-refractivity contribution is 6.30. The lowest BCUT2D eigenvalue weighted by atomic mass is 10.2. The molecule has 0 saturated heterocycles. The Morgan fingerprint density at radius 3 is 3.12 bits per heavy atom. The van der Waals surface area contributed by atoms with Gasteiger partial charge in [-0.25, -0.2) is 4.98 Å². The molecule has 2 rings (SSSR count). The summed E-state index contributed by atoms with van der Waals surface area (Å²) in [5.74, 6) is 0. The average molecular weight is 239 g/mol. The summed E-state index contributed by atoms with van der Waals surface area (Å²) < 4.78 is 6.91. The molecule has 0 radical (unpaired) electrons. The fourth-order valence-corrected chi connectivity index (χ4v) is 1.82. The van der Waals surface area contributed by atoms with Crippen molar-refractivity contribution in [2.24, 2.45) is 0 Å². The Labute approximate surface area is 97.8 Å². The summed E-state index contributed by atoms with van der Waals surface area (Å²) in [4.78, 5) is 15.1. The third-order valence-electron chi connectivity index (χ3n) is 2.40. The summed E-state index contributed by atoms with van der Waals surface area (Å²) in [5, 5.41) is 1.14. The van der Waals surface area contributed by atoms with Gasteiger partial charge < -0.3 is 9.30 Å². The van der Waals surface area contributed by atoms with Crippen LogP contribution in [0.1, 0.15) is 10.4 Å². The first kappa shape index (κ1) is 11.1. The molecule has 0 aromatic carbocycles. The molecule has 0 aliphatic rings. The Balaban J connectivity index is 2.53. The lowest BCUT2D eigenvalue weighted by Crippen LogP contribution is -2.03. The minimum atomic E-state index is 0.326. The summed E-state index contributed by atoms with van der Waals surface area (Å²) in [6, 6.07) is 3.43. The van der Waals surface area contributed by atoms with E-state index in [9.17, 15) is 4.79 Å². The summed E-state index contributed by atoms with van der Waals surface area (Å²) in [5.41, 5.74) is 1.28. The van der Waals surface area contributed by atoms with Crippen molar-refractivity contribution in [1.29, 1.82) is 0 Å². The largest absolute Gasteiger partial charge is 0.383 e. The van der Waals surface area contributed by atoms with Crippen molar-refractivity contribution in [2.75, 3.05) is 13.7 Å². The average Bonchev–Trinajstić information content (AvgIpc) is 2.68. The van der Waals surface area contributed by atoms with Gasteiger partial charge in [-0.2, -0.15) is 0 Å². The maximum absolute atomic E-state index is 10.9. The Morgan fingerprint density at radius 1 is 1.62 bits per heavy atom. The number of halogens is 1. The van der Waals surface area contributed by atoms with Crippen LogP contribution < -0.4 is 0 Å². The molecule has 2 aromatic heterocycles. The minimum Gasteiger partial charge on any atom is -0.383 e. The number of aldehydes is 1. The predicted octanol–water partition coefficient (Wildman–Crippen LogP) is 2.15. The van der Waals surface area contributed by atoms with Crippen LogP contribution in [-0.4, -0.2) is 29.6 Å². The Bertz CT molecular complexity index is 522. The molecule has 0 N–H and O–H groups in total. The number of aromatic nitrogens is 2. The molecule has 0 bridgehead atoms. The molecule has 4 nitrogen and oxygen atoms in total. The molecule has 0 aliphatic heterocycles. The van der Waals surface area contributed by atoms with E-state index in [-0.39, 0.29) is 0 Å². The third kappa shape index (κ3) is 1.94. The highest BCUT2D eigenvalue weighted by Gasteiger charge is 2.08. The molecule has 5 heteroatoms. The van der Waals surface area contributed by atoms with Crippen LogP contribution in [0.25, 0.3) is 11.0 Å². The van der Waals surface area contributed by atoms with Crippen LogP contribution in [0.2, 0.25) is 5.15 Å². The lowest BCUT2D eigenvalue weighted by Gasteiger charge is -2.04. The summed E-state index contributed by atoms with van der Waals surface area (Å²) >= 11 is 5.85. The van der Waals surface area contributed by atoms with Crippen LogP contribution in [0, 0.1) is 0 Å².